The molecule has 0 aliphatic heterocycles. The molecule has 1 heterocycles. The molecule has 1 aliphatic carbocycles. The van der Waals surface area contributed by atoms with Crippen LogP contribution in [0.3, 0.4) is 0 Å². The van der Waals surface area contributed by atoms with Gasteiger partial charge in [0.1, 0.15) is 12.3 Å². The number of nitrogens with zero attached hydrogens (tertiary/aromatic N) is 3. The van der Waals surface area contributed by atoms with Crippen molar-refractivity contribution in [2.24, 2.45) is 10.9 Å². The maximum absolute atomic E-state index is 5.69. The van der Waals surface area contributed by atoms with Crippen LogP contribution >= 0.6 is 0 Å². The fourth-order valence-corrected chi connectivity index (χ4v) is 2.63. The lowest BCUT2D eigenvalue weighted by Gasteiger charge is -2.14. The highest BCUT2D eigenvalue weighted by molar-refractivity contribution is 5.93. The van der Waals surface area contributed by atoms with Crippen molar-refractivity contribution < 1.29 is 14.0 Å². The highest BCUT2D eigenvalue weighted by Gasteiger charge is 2.20. The number of aromatic nitrogens is 2. The minimum atomic E-state index is 0.146. The first-order valence-electron chi connectivity index (χ1n) is 10.3. The third-order valence-corrected chi connectivity index (χ3v) is 4.24. The van der Waals surface area contributed by atoms with Gasteiger partial charge in [-0.2, -0.15) is 4.98 Å². The Morgan fingerprint density at radius 1 is 1.28 bits per heavy atom. The van der Waals surface area contributed by atoms with Gasteiger partial charge in [-0.1, -0.05) is 5.16 Å². The summed E-state index contributed by atoms with van der Waals surface area (Å²) in [5.41, 5.74) is 0.916. The van der Waals surface area contributed by atoms with E-state index in [1.165, 1.54) is 12.8 Å². The van der Waals surface area contributed by atoms with Gasteiger partial charge in [0.15, 0.2) is 11.8 Å². The minimum absolute atomic E-state index is 0.146. The zero-order chi connectivity index (χ0) is 20.5. The topological polar surface area (TPSA) is 93.8 Å². The fraction of sp³-hybridized carbons (Fsp3) is 0.571. The molecule has 0 spiro atoms. The van der Waals surface area contributed by atoms with Gasteiger partial charge < -0.3 is 24.6 Å². The number of guanidine groups is 1. The first-order valence-corrected chi connectivity index (χ1v) is 10.3. The lowest BCUT2D eigenvalue weighted by molar-refractivity contribution is 0.123. The van der Waals surface area contributed by atoms with Crippen LogP contribution in [0.25, 0.3) is 0 Å². The van der Waals surface area contributed by atoms with Crippen molar-refractivity contribution in [3.8, 4) is 5.75 Å². The number of aryl methyl sites for hydroxylation is 1. The lowest BCUT2D eigenvalue weighted by Crippen LogP contribution is -2.32. The van der Waals surface area contributed by atoms with Gasteiger partial charge in [-0.15, -0.1) is 0 Å². The monoisotopic (exact) mass is 401 g/mol. The van der Waals surface area contributed by atoms with Gasteiger partial charge in [0.25, 0.3) is 0 Å². The summed E-state index contributed by atoms with van der Waals surface area (Å²) in [5.74, 6) is 3.37. The maximum atomic E-state index is 5.69. The van der Waals surface area contributed by atoms with Gasteiger partial charge in [0, 0.05) is 25.4 Å². The third-order valence-electron chi connectivity index (χ3n) is 4.24. The van der Waals surface area contributed by atoms with Crippen molar-refractivity contribution >= 4 is 11.6 Å². The lowest BCUT2D eigenvalue weighted by atomic mass is 10.3. The number of hydrogen-bond acceptors (Lipinski definition) is 6. The van der Waals surface area contributed by atoms with Crippen molar-refractivity contribution in [3.63, 3.8) is 0 Å². The molecule has 1 saturated carbocycles. The summed E-state index contributed by atoms with van der Waals surface area (Å²) in [5, 5.41) is 10.4. The molecule has 0 amide bonds. The van der Waals surface area contributed by atoms with Crippen LogP contribution in [0, 0.1) is 12.8 Å². The van der Waals surface area contributed by atoms with Gasteiger partial charge in [0.2, 0.25) is 5.89 Å². The highest BCUT2D eigenvalue weighted by atomic mass is 16.5. The molecule has 0 bridgehead atoms. The SMILES string of the molecule is Cc1noc(CN=C(NCCCOCC2CC2)Nc2ccc(OC(C)C)cc2)n1. The van der Waals surface area contributed by atoms with Gasteiger partial charge in [0.05, 0.1) is 6.10 Å². The van der Waals surface area contributed by atoms with E-state index in [0.717, 1.165) is 43.5 Å². The summed E-state index contributed by atoms with van der Waals surface area (Å²) in [4.78, 5) is 8.75. The molecule has 158 valence electrons. The van der Waals surface area contributed by atoms with Crippen molar-refractivity contribution in [1.82, 2.24) is 15.5 Å². The van der Waals surface area contributed by atoms with Crippen LogP contribution in [0.4, 0.5) is 5.69 Å². The van der Waals surface area contributed by atoms with Gasteiger partial charge in [-0.25, -0.2) is 4.99 Å². The third kappa shape index (κ3) is 8.11. The molecule has 8 heteroatoms. The van der Waals surface area contributed by atoms with E-state index in [1.54, 1.807) is 6.92 Å². The summed E-state index contributed by atoms with van der Waals surface area (Å²) < 4.78 is 16.5. The number of benzene rings is 1. The van der Waals surface area contributed by atoms with E-state index in [0.29, 0.717) is 24.2 Å². The predicted octanol–water partition coefficient (Wildman–Crippen LogP) is 3.54. The summed E-state index contributed by atoms with van der Waals surface area (Å²) in [7, 11) is 0. The van der Waals surface area contributed by atoms with Crippen LogP contribution < -0.4 is 15.4 Å². The average molecular weight is 402 g/mol. The maximum Gasteiger partial charge on any atom is 0.248 e. The fourth-order valence-electron chi connectivity index (χ4n) is 2.63. The molecule has 0 saturated heterocycles. The zero-order valence-electron chi connectivity index (χ0n) is 17.5. The van der Waals surface area contributed by atoms with Crippen LogP contribution in [0.1, 0.15) is 44.8 Å². The Kier molecular flexibility index (Phi) is 7.86. The molecule has 1 aliphatic rings. The van der Waals surface area contributed by atoms with Crippen LogP contribution in [0.5, 0.6) is 5.75 Å². The highest BCUT2D eigenvalue weighted by Crippen LogP contribution is 2.28. The van der Waals surface area contributed by atoms with E-state index in [1.807, 2.05) is 38.1 Å². The summed E-state index contributed by atoms with van der Waals surface area (Å²) in [6.45, 7) is 8.51. The van der Waals surface area contributed by atoms with E-state index < -0.39 is 0 Å². The molecule has 8 nitrogen and oxygen atoms in total. The number of aliphatic imine (C=N–C) groups is 1. The Bertz CT molecular complexity index is 769. The standard InChI is InChI=1S/C21H31N5O3/c1-15(2)28-19-9-7-18(8-10-19)25-21(23-13-20-24-16(3)26-29-20)22-11-4-12-27-14-17-5-6-17/h7-10,15,17H,4-6,11-14H2,1-3H3,(H2,22,23,25). The van der Waals surface area contributed by atoms with Crippen LogP contribution in [-0.4, -0.2) is 42.0 Å². The van der Waals surface area contributed by atoms with Crippen molar-refractivity contribution in [2.75, 3.05) is 25.1 Å². The number of anilines is 1. The molecule has 0 unspecified atom stereocenters. The van der Waals surface area contributed by atoms with Crippen LogP contribution in [-0.2, 0) is 11.3 Å². The Hall–Kier alpha value is -2.61. The molecule has 3 rings (SSSR count). The Labute approximate surface area is 172 Å². The molecule has 0 atom stereocenters. The molecule has 1 fully saturated rings. The van der Waals surface area contributed by atoms with Gasteiger partial charge in [-0.3, -0.25) is 0 Å². The quantitative estimate of drug-likeness (QED) is 0.338. The second-order valence-electron chi connectivity index (χ2n) is 7.51. The van der Waals surface area contributed by atoms with Crippen molar-refractivity contribution in [2.45, 2.75) is 52.7 Å². The van der Waals surface area contributed by atoms with Gasteiger partial charge in [-0.05, 0) is 70.2 Å². The summed E-state index contributed by atoms with van der Waals surface area (Å²) in [6, 6.07) is 7.80. The molecule has 29 heavy (non-hydrogen) atoms. The Balaban J connectivity index is 1.52. The number of rotatable bonds is 11. The molecule has 1 aromatic carbocycles. The second-order valence-corrected chi connectivity index (χ2v) is 7.51. The van der Waals surface area contributed by atoms with E-state index in [9.17, 15) is 0 Å². The van der Waals surface area contributed by atoms with E-state index in [2.05, 4.69) is 25.8 Å². The Morgan fingerprint density at radius 3 is 2.72 bits per heavy atom. The normalized spacial score (nSPS) is 14.3. The largest absolute Gasteiger partial charge is 0.491 e. The van der Waals surface area contributed by atoms with Crippen molar-refractivity contribution in [3.05, 3.63) is 36.0 Å². The molecular weight excluding hydrogens is 370 g/mol. The summed E-state index contributed by atoms with van der Waals surface area (Å²) in [6.07, 6.45) is 3.69. The molecule has 2 N–H and O–H groups in total. The van der Waals surface area contributed by atoms with Crippen molar-refractivity contribution in [1.29, 1.82) is 0 Å². The number of ether oxygens (including phenoxy) is 2. The minimum Gasteiger partial charge on any atom is -0.491 e. The smallest absolute Gasteiger partial charge is 0.248 e. The molecule has 2 aromatic rings. The van der Waals surface area contributed by atoms with Crippen LogP contribution in [0.15, 0.2) is 33.8 Å². The van der Waals surface area contributed by atoms with E-state index in [4.69, 9.17) is 14.0 Å². The first kappa shape index (κ1) is 21.1. The van der Waals surface area contributed by atoms with Gasteiger partial charge >= 0.3 is 0 Å². The number of hydrogen-bond donors (Lipinski definition) is 2. The number of nitrogens with one attached hydrogen (secondary N) is 2. The predicted molar refractivity (Wildman–Crippen MR) is 112 cm³/mol. The van der Waals surface area contributed by atoms with E-state index >= 15 is 0 Å². The first-order chi connectivity index (χ1) is 14.1. The summed E-state index contributed by atoms with van der Waals surface area (Å²) >= 11 is 0. The molecular formula is C21H31N5O3. The second kappa shape index (κ2) is 10.8. The van der Waals surface area contributed by atoms with E-state index in [-0.39, 0.29) is 6.10 Å². The molecule has 1 aromatic heterocycles. The average Bonchev–Trinajstić information content (AvgIpc) is 3.43. The Morgan fingerprint density at radius 2 is 2.07 bits per heavy atom. The zero-order valence-corrected chi connectivity index (χ0v) is 17.5. The molecule has 0 radical (unpaired) electrons. The van der Waals surface area contributed by atoms with Crippen LogP contribution in [0.2, 0.25) is 0 Å².